The number of hydrogen-bond acceptors (Lipinski definition) is 2. The monoisotopic (exact) mass is 456 g/mol. The van der Waals surface area contributed by atoms with Crippen molar-refractivity contribution in [3.63, 3.8) is 0 Å². The minimum atomic E-state index is -0.919. The first-order valence-electron chi connectivity index (χ1n) is 12.9. The van der Waals surface area contributed by atoms with E-state index < -0.39 is 11.6 Å². The highest BCUT2D eigenvalue weighted by molar-refractivity contribution is 5.65. The third-order valence-corrected chi connectivity index (χ3v) is 7.62. The minimum absolute atomic E-state index is 0.0367. The molecule has 0 spiro atoms. The molecule has 0 radical (unpaired) electrons. The Labute approximate surface area is 197 Å². The maximum absolute atomic E-state index is 14.5. The smallest absolute Gasteiger partial charge is 0.201 e. The fourth-order valence-corrected chi connectivity index (χ4v) is 5.71. The van der Waals surface area contributed by atoms with Crippen LogP contribution in [0.5, 0.6) is 5.75 Å². The van der Waals surface area contributed by atoms with Crippen LogP contribution < -0.4 is 4.74 Å². The van der Waals surface area contributed by atoms with Crippen molar-refractivity contribution in [2.24, 2.45) is 11.8 Å². The zero-order valence-corrected chi connectivity index (χ0v) is 20.1. The third kappa shape index (κ3) is 5.95. The summed E-state index contributed by atoms with van der Waals surface area (Å²) in [4.78, 5) is 0. The molecule has 0 aromatic heterocycles. The van der Waals surface area contributed by atoms with Crippen molar-refractivity contribution in [2.75, 3.05) is 6.61 Å². The van der Waals surface area contributed by atoms with Gasteiger partial charge in [-0.15, -0.1) is 0 Å². The summed E-state index contributed by atoms with van der Waals surface area (Å²) in [5, 5.41) is 0. The van der Waals surface area contributed by atoms with Gasteiger partial charge < -0.3 is 9.47 Å². The zero-order chi connectivity index (χ0) is 23.2. The number of halogens is 2. The predicted molar refractivity (Wildman–Crippen MR) is 130 cm³/mol. The van der Waals surface area contributed by atoms with Crippen LogP contribution in [0.4, 0.5) is 8.78 Å². The molecule has 4 heteroatoms. The summed E-state index contributed by atoms with van der Waals surface area (Å²) in [6.45, 7) is 4.30. The lowest BCUT2D eigenvalue weighted by Crippen LogP contribution is -2.26. The Morgan fingerprint density at radius 3 is 2.30 bits per heavy atom. The van der Waals surface area contributed by atoms with Crippen molar-refractivity contribution in [3.8, 4) is 16.9 Å². The number of hydrogen-bond donors (Lipinski definition) is 0. The second-order valence-corrected chi connectivity index (χ2v) is 9.85. The fraction of sp³-hybridized carbons (Fsp3) is 0.586. The first kappa shape index (κ1) is 24.2. The van der Waals surface area contributed by atoms with Gasteiger partial charge in [-0.3, -0.25) is 0 Å². The van der Waals surface area contributed by atoms with E-state index in [4.69, 9.17) is 9.47 Å². The van der Waals surface area contributed by atoms with Gasteiger partial charge in [0.15, 0.2) is 11.6 Å². The summed E-state index contributed by atoms with van der Waals surface area (Å²) in [6.07, 6.45) is 13.4. The molecule has 1 saturated heterocycles. The van der Waals surface area contributed by atoms with Crippen molar-refractivity contribution in [3.05, 3.63) is 53.6 Å². The molecule has 180 valence electrons. The lowest BCUT2D eigenvalue weighted by atomic mass is 9.77. The summed E-state index contributed by atoms with van der Waals surface area (Å²) in [6, 6.07) is 11.0. The Morgan fingerprint density at radius 1 is 0.848 bits per heavy atom. The molecule has 0 amide bonds. The molecule has 2 aromatic carbocycles. The molecule has 0 bridgehead atoms. The summed E-state index contributed by atoms with van der Waals surface area (Å²) < 4.78 is 40.2. The summed E-state index contributed by atoms with van der Waals surface area (Å²) in [7, 11) is 0. The average Bonchev–Trinajstić information content (AvgIpc) is 3.31. The van der Waals surface area contributed by atoms with Gasteiger partial charge in [-0.25, -0.2) is 4.39 Å². The maximum atomic E-state index is 14.5. The van der Waals surface area contributed by atoms with Crippen LogP contribution >= 0.6 is 0 Å². The predicted octanol–water partition coefficient (Wildman–Crippen LogP) is 8.12. The van der Waals surface area contributed by atoms with Gasteiger partial charge in [0.1, 0.15) is 0 Å². The van der Waals surface area contributed by atoms with E-state index in [0.29, 0.717) is 24.4 Å². The molecule has 1 saturated carbocycles. The Kier molecular flexibility index (Phi) is 8.40. The fourth-order valence-electron chi connectivity index (χ4n) is 5.71. The highest BCUT2D eigenvalue weighted by Crippen LogP contribution is 2.39. The van der Waals surface area contributed by atoms with Crippen LogP contribution in [-0.4, -0.2) is 18.8 Å². The standard InChI is InChI=1S/C29H38F2O2/c1-3-5-24-16-18-26(33-24)23-14-10-21(11-15-23)7-6-20-8-12-22(13-9-20)25-17-19-27(32-4-2)29(31)28(25)30/h8-9,12-13,17,19,21,23-24,26H,3-7,10-11,14-16,18H2,1-2H3. The second kappa shape index (κ2) is 11.5. The molecule has 2 nitrogen and oxygen atoms in total. The molecule has 2 atom stereocenters. The normalized spacial score (nSPS) is 25.3. The van der Waals surface area contributed by atoms with E-state index in [1.54, 1.807) is 13.0 Å². The highest BCUT2D eigenvalue weighted by atomic mass is 19.2. The van der Waals surface area contributed by atoms with Crippen molar-refractivity contribution < 1.29 is 18.3 Å². The van der Waals surface area contributed by atoms with E-state index in [-0.39, 0.29) is 11.3 Å². The summed E-state index contributed by atoms with van der Waals surface area (Å²) in [5.41, 5.74) is 2.22. The number of ether oxygens (including phenoxy) is 2. The van der Waals surface area contributed by atoms with Crippen molar-refractivity contribution >= 4 is 0 Å². The highest BCUT2D eigenvalue weighted by Gasteiger charge is 2.33. The van der Waals surface area contributed by atoms with E-state index in [1.807, 2.05) is 12.1 Å². The van der Waals surface area contributed by atoms with Gasteiger partial charge in [0.2, 0.25) is 5.82 Å². The largest absolute Gasteiger partial charge is 0.491 e. The Bertz CT molecular complexity index is 887. The number of rotatable bonds is 9. The van der Waals surface area contributed by atoms with Crippen molar-refractivity contribution in [1.82, 2.24) is 0 Å². The molecule has 0 N–H and O–H groups in total. The maximum Gasteiger partial charge on any atom is 0.201 e. The molecule has 2 fully saturated rings. The molecule has 33 heavy (non-hydrogen) atoms. The molecule has 1 aliphatic heterocycles. The quantitative estimate of drug-likeness (QED) is 0.379. The van der Waals surface area contributed by atoms with Gasteiger partial charge in [0.25, 0.3) is 0 Å². The van der Waals surface area contributed by atoms with E-state index in [9.17, 15) is 8.78 Å². The van der Waals surface area contributed by atoms with E-state index in [2.05, 4.69) is 19.1 Å². The van der Waals surface area contributed by atoms with Crippen LogP contribution in [0.1, 0.15) is 77.2 Å². The van der Waals surface area contributed by atoms with Gasteiger partial charge in [-0.05, 0) is 87.0 Å². The van der Waals surface area contributed by atoms with Crippen molar-refractivity contribution in [1.29, 1.82) is 0 Å². The van der Waals surface area contributed by atoms with Gasteiger partial charge in [-0.1, -0.05) is 50.5 Å². The second-order valence-electron chi connectivity index (χ2n) is 9.85. The Morgan fingerprint density at radius 2 is 1.61 bits per heavy atom. The summed E-state index contributed by atoms with van der Waals surface area (Å²) in [5.74, 6) is -0.265. The Hall–Kier alpha value is -1.94. The van der Waals surface area contributed by atoms with Crippen LogP contribution in [0.3, 0.4) is 0 Å². The molecule has 4 rings (SSSR count). The van der Waals surface area contributed by atoms with Crippen LogP contribution in [-0.2, 0) is 11.2 Å². The molecule has 2 aromatic rings. The molecule has 1 heterocycles. The van der Waals surface area contributed by atoms with Gasteiger partial charge in [0, 0.05) is 5.56 Å². The lowest BCUT2D eigenvalue weighted by molar-refractivity contribution is -0.00725. The van der Waals surface area contributed by atoms with Crippen molar-refractivity contribution in [2.45, 2.75) is 90.3 Å². The SMILES string of the molecule is CCCC1CCC(C2CCC(CCc3ccc(-c4ccc(OCC)c(F)c4F)cc3)CC2)O1. The zero-order valence-electron chi connectivity index (χ0n) is 20.1. The minimum Gasteiger partial charge on any atom is -0.491 e. The number of aryl methyl sites for hydroxylation is 1. The van der Waals surface area contributed by atoms with E-state index >= 15 is 0 Å². The van der Waals surface area contributed by atoms with Crippen LogP contribution in [0, 0.1) is 23.5 Å². The summed E-state index contributed by atoms with van der Waals surface area (Å²) >= 11 is 0. The molecule has 2 aliphatic rings. The van der Waals surface area contributed by atoms with E-state index in [0.717, 1.165) is 18.3 Å². The molecule has 2 unspecified atom stereocenters. The van der Waals surface area contributed by atoms with Crippen LogP contribution in [0.25, 0.3) is 11.1 Å². The molecule has 1 aliphatic carbocycles. The van der Waals surface area contributed by atoms with Gasteiger partial charge >= 0.3 is 0 Å². The lowest BCUT2D eigenvalue weighted by Gasteiger charge is -2.32. The first-order chi connectivity index (χ1) is 16.1. The topological polar surface area (TPSA) is 18.5 Å². The molecular weight excluding hydrogens is 418 g/mol. The number of benzene rings is 2. The average molecular weight is 457 g/mol. The van der Waals surface area contributed by atoms with E-state index in [1.165, 1.54) is 69.4 Å². The van der Waals surface area contributed by atoms with Crippen LogP contribution in [0.15, 0.2) is 36.4 Å². The van der Waals surface area contributed by atoms with Crippen LogP contribution in [0.2, 0.25) is 0 Å². The Balaban J connectivity index is 1.26. The molecular formula is C29H38F2O2. The van der Waals surface area contributed by atoms with Gasteiger partial charge in [0.05, 0.1) is 18.8 Å². The third-order valence-electron chi connectivity index (χ3n) is 7.62. The first-order valence-corrected chi connectivity index (χ1v) is 12.9. The van der Waals surface area contributed by atoms with Gasteiger partial charge in [-0.2, -0.15) is 4.39 Å².